The quantitative estimate of drug-likeness (QED) is 0.727. The van der Waals surface area contributed by atoms with E-state index in [2.05, 4.69) is 6.58 Å². The summed E-state index contributed by atoms with van der Waals surface area (Å²) in [7, 11) is 4.65. The van der Waals surface area contributed by atoms with E-state index in [0.717, 1.165) is 0 Å². The molecular formula is C19H20O5. The molecule has 2 aromatic carbocycles. The molecule has 24 heavy (non-hydrogen) atoms. The third-order valence-corrected chi connectivity index (χ3v) is 3.47. The van der Waals surface area contributed by atoms with Crippen molar-refractivity contribution in [1.82, 2.24) is 0 Å². The standard InChI is InChI=1S/C19H20O5/c1-13(12-24-19(20)14-8-6-5-7-9-14)15-10-17(22-3)18(23-4)11-16(15)21-2/h5-11H,1,12H2,2-4H3. The topological polar surface area (TPSA) is 54.0 Å². The Bertz CT molecular complexity index is 722. The van der Waals surface area contributed by atoms with Crippen LogP contribution in [0.4, 0.5) is 0 Å². The van der Waals surface area contributed by atoms with Crippen molar-refractivity contribution in [3.8, 4) is 17.2 Å². The van der Waals surface area contributed by atoms with Gasteiger partial charge in [-0.1, -0.05) is 24.8 Å². The van der Waals surface area contributed by atoms with Gasteiger partial charge in [0, 0.05) is 11.6 Å². The van der Waals surface area contributed by atoms with Gasteiger partial charge in [0.05, 0.1) is 26.9 Å². The minimum absolute atomic E-state index is 0.0412. The summed E-state index contributed by atoms with van der Waals surface area (Å²) in [6.45, 7) is 4.02. The van der Waals surface area contributed by atoms with Crippen LogP contribution in [0, 0.1) is 0 Å². The molecular weight excluding hydrogens is 308 g/mol. The maximum Gasteiger partial charge on any atom is 0.338 e. The van der Waals surface area contributed by atoms with Crippen LogP contribution in [0.3, 0.4) is 0 Å². The highest BCUT2D eigenvalue weighted by molar-refractivity contribution is 5.90. The fourth-order valence-corrected chi connectivity index (χ4v) is 2.19. The lowest BCUT2D eigenvalue weighted by Gasteiger charge is -2.15. The summed E-state index contributed by atoms with van der Waals surface area (Å²) in [5.41, 5.74) is 1.78. The Morgan fingerprint density at radius 3 is 2.08 bits per heavy atom. The second-order valence-corrected chi connectivity index (χ2v) is 4.95. The first-order chi connectivity index (χ1) is 11.6. The van der Waals surface area contributed by atoms with Gasteiger partial charge in [-0.15, -0.1) is 0 Å². The fourth-order valence-electron chi connectivity index (χ4n) is 2.19. The number of hydrogen-bond acceptors (Lipinski definition) is 5. The Kier molecular flexibility index (Phi) is 5.84. The van der Waals surface area contributed by atoms with Crippen molar-refractivity contribution in [3.63, 3.8) is 0 Å². The fraction of sp³-hybridized carbons (Fsp3) is 0.211. The SMILES string of the molecule is C=C(COC(=O)c1ccccc1)c1cc(OC)c(OC)cc1OC. The summed E-state index contributed by atoms with van der Waals surface area (Å²) < 4.78 is 21.2. The van der Waals surface area contributed by atoms with E-state index < -0.39 is 5.97 Å². The van der Waals surface area contributed by atoms with Gasteiger partial charge in [0.25, 0.3) is 0 Å². The van der Waals surface area contributed by atoms with Crippen molar-refractivity contribution < 1.29 is 23.7 Å². The molecule has 2 rings (SSSR count). The number of ether oxygens (including phenoxy) is 4. The maximum atomic E-state index is 12.0. The van der Waals surface area contributed by atoms with E-state index in [9.17, 15) is 4.79 Å². The highest BCUT2D eigenvalue weighted by Gasteiger charge is 2.15. The van der Waals surface area contributed by atoms with Crippen LogP contribution in [-0.4, -0.2) is 33.9 Å². The van der Waals surface area contributed by atoms with Crippen LogP contribution in [-0.2, 0) is 4.74 Å². The van der Waals surface area contributed by atoms with Crippen LogP contribution in [0.5, 0.6) is 17.2 Å². The molecule has 0 unspecified atom stereocenters. The molecule has 0 aliphatic heterocycles. The van der Waals surface area contributed by atoms with Crippen molar-refractivity contribution in [2.75, 3.05) is 27.9 Å². The van der Waals surface area contributed by atoms with Crippen molar-refractivity contribution in [2.45, 2.75) is 0 Å². The molecule has 5 heteroatoms. The van der Waals surface area contributed by atoms with Crippen molar-refractivity contribution in [1.29, 1.82) is 0 Å². The smallest absolute Gasteiger partial charge is 0.338 e. The molecule has 126 valence electrons. The Labute approximate surface area is 141 Å². The number of hydrogen-bond donors (Lipinski definition) is 0. The zero-order valence-electron chi connectivity index (χ0n) is 14.0. The van der Waals surface area contributed by atoms with Gasteiger partial charge in [0.2, 0.25) is 0 Å². The molecule has 0 saturated carbocycles. The highest BCUT2D eigenvalue weighted by atomic mass is 16.5. The molecule has 0 spiro atoms. The molecule has 0 N–H and O–H groups in total. The molecule has 0 aliphatic rings. The molecule has 0 fully saturated rings. The molecule has 2 aromatic rings. The largest absolute Gasteiger partial charge is 0.496 e. The molecule has 0 atom stereocenters. The molecule has 0 saturated heterocycles. The zero-order valence-corrected chi connectivity index (χ0v) is 14.0. The average molecular weight is 328 g/mol. The van der Waals surface area contributed by atoms with Gasteiger partial charge in [0.15, 0.2) is 11.5 Å². The third kappa shape index (κ3) is 3.87. The highest BCUT2D eigenvalue weighted by Crippen LogP contribution is 2.37. The second kappa shape index (κ2) is 8.06. The first kappa shape index (κ1) is 17.4. The van der Waals surface area contributed by atoms with Crippen LogP contribution < -0.4 is 14.2 Å². The predicted octanol–water partition coefficient (Wildman–Crippen LogP) is 3.58. The number of carbonyl (C=O) groups is 1. The summed E-state index contributed by atoms with van der Waals surface area (Å²) in [4.78, 5) is 12.0. The molecule has 0 radical (unpaired) electrons. The average Bonchev–Trinajstić information content (AvgIpc) is 2.65. The van der Waals surface area contributed by atoms with Crippen LogP contribution in [0.25, 0.3) is 5.57 Å². The van der Waals surface area contributed by atoms with Crippen LogP contribution in [0.2, 0.25) is 0 Å². The monoisotopic (exact) mass is 328 g/mol. The number of carbonyl (C=O) groups excluding carboxylic acids is 1. The lowest BCUT2D eigenvalue weighted by molar-refractivity contribution is 0.0557. The number of esters is 1. The zero-order chi connectivity index (χ0) is 17.5. The van der Waals surface area contributed by atoms with Crippen molar-refractivity contribution >= 4 is 11.5 Å². The first-order valence-electron chi connectivity index (χ1n) is 7.31. The summed E-state index contributed by atoms with van der Waals surface area (Å²) in [6, 6.07) is 12.2. The minimum atomic E-state index is -0.406. The van der Waals surface area contributed by atoms with E-state index >= 15 is 0 Å². The summed E-state index contributed by atoms with van der Waals surface area (Å²) in [6.07, 6.45) is 0. The van der Waals surface area contributed by atoms with E-state index in [4.69, 9.17) is 18.9 Å². The van der Waals surface area contributed by atoms with E-state index in [0.29, 0.717) is 33.9 Å². The Morgan fingerprint density at radius 2 is 1.50 bits per heavy atom. The predicted molar refractivity (Wildman–Crippen MR) is 91.9 cm³/mol. The van der Waals surface area contributed by atoms with Crippen LogP contribution in [0.15, 0.2) is 49.0 Å². The second-order valence-electron chi connectivity index (χ2n) is 4.95. The Hall–Kier alpha value is -2.95. The third-order valence-electron chi connectivity index (χ3n) is 3.47. The van der Waals surface area contributed by atoms with Gasteiger partial charge in [-0.3, -0.25) is 0 Å². The van der Waals surface area contributed by atoms with Gasteiger partial charge in [-0.25, -0.2) is 4.79 Å². The van der Waals surface area contributed by atoms with E-state index in [1.165, 1.54) is 0 Å². The molecule has 0 aromatic heterocycles. The summed E-state index contributed by atoms with van der Waals surface area (Å²) in [5, 5.41) is 0. The lowest BCUT2D eigenvalue weighted by atomic mass is 10.1. The molecule has 0 aliphatic carbocycles. The summed E-state index contributed by atoms with van der Waals surface area (Å²) >= 11 is 0. The number of methoxy groups -OCH3 is 3. The van der Waals surface area contributed by atoms with Gasteiger partial charge in [-0.2, -0.15) is 0 Å². The Morgan fingerprint density at radius 1 is 0.917 bits per heavy atom. The summed E-state index contributed by atoms with van der Waals surface area (Å²) in [5.74, 6) is 1.25. The number of benzene rings is 2. The molecule has 0 heterocycles. The lowest BCUT2D eigenvalue weighted by Crippen LogP contribution is -2.08. The van der Waals surface area contributed by atoms with Gasteiger partial charge in [0.1, 0.15) is 12.4 Å². The molecule has 0 amide bonds. The van der Waals surface area contributed by atoms with Gasteiger partial charge >= 0.3 is 5.97 Å². The normalized spacial score (nSPS) is 9.96. The van der Waals surface area contributed by atoms with Gasteiger partial charge < -0.3 is 18.9 Å². The van der Waals surface area contributed by atoms with E-state index in [1.807, 2.05) is 6.07 Å². The van der Waals surface area contributed by atoms with Gasteiger partial charge in [-0.05, 0) is 23.8 Å². The van der Waals surface area contributed by atoms with Crippen molar-refractivity contribution in [3.05, 3.63) is 60.2 Å². The Balaban J connectivity index is 2.16. The number of rotatable bonds is 7. The molecule has 5 nitrogen and oxygen atoms in total. The molecule has 0 bridgehead atoms. The maximum absolute atomic E-state index is 12.0. The van der Waals surface area contributed by atoms with Crippen LogP contribution in [0.1, 0.15) is 15.9 Å². The van der Waals surface area contributed by atoms with Crippen molar-refractivity contribution in [2.24, 2.45) is 0 Å². The first-order valence-corrected chi connectivity index (χ1v) is 7.31. The van der Waals surface area contributed by atoms with E-state index in [1.54, 1.807) is 57.7 Å². The van der Waals surface area contributed by atoms with E-state index in [-0.39, 0.29) is 6.61 Å². The minimum Gasteiger partial charge on any atom is -0.496 e. The van der Waals surface area contributed by atoms with Crippen LogP contribution >= 0.6 is 0 Å².